The third kappa shape index (κ3) is 0.856. The Morgan fingerprint density at radius 3 is 2.20 bits per heavy atom. The lowest BCUT2D eigenvalue weighted by molar-refractivity contribution is 0.158. The third-order valence-electron chi connectivity index (χ3n) is 2.87. The molecule has 0 aromatic carbocycles. The van der Waals surface area contributed by atoms with Gasteiger partial charge in [0.2, 0.25) is 0 Å². The number of nitrogens with one attached hydrogen (secondary N) is 1. The largest absolute Gasteiger partial charge is 0.327 e. The van der Waals surface area contributed by atoms with E-state index in [1.807, 2.05) is 0 Å². The molecule has 0 radical (unpaired) electrons. The Bertz CT molecular complexity index is 121. The second-order valence-electron chi connectivity index (χ2n) is 3.57. The van der Waals surface area contributed by atoms with Crippen LogP contribution in [0, 0.1) is 5.92 Å². The number of fused-ring (bicyclic) bond motifs is 3. The molecule has 4 atom stereocenters. The maximum absolute atomic E-state index is 5.89. The van der Waals surface area contributed by atoms with Crippen LogP contribution < -0.4 is 16.8 Å². The number of nitrogens with two attached hydrogens (primary N) is 2. The highest BCUT2D eigenvalue weighted by atomic mass is 15.0. The number of hydrogen-bond donors (Lipinski definition) is 3. The Hall–Kier alpha value is -0.120. The van der Waals surface area contributed by atoms with Crippen molar-refractivity contribution in [2.75, 3.05) is 6.54 Å². The van der Waals surface area contributed by atoms with Crippen LogP contribution in [0.5, 0.6) is 0 Å². The van der Waals surface area contributed by atoms with Crippen LogP contribution in [-0.2, 0) is 0 Å². The molecule has 1 saturated carbocycles. The molecule has 0 aromatic rings. The van der Waals surface area contributed by atoms with Gasteiger partial charge in [-0.15, -0.1) is 0 Å². The predicted octanol–water partition coefficient (Wildman–Crippen LogP) is -0.977. The molecule has 1 aliphatic carbocycles. The Labute approximate surface area is 61.1 Å². The van der Waals surface area contributed by atoms with Crippen molar-refractivity contribution in [3.8, 4) is 0 Å². The Morgan fingerprint density at radius 1 is 1.10 bits per heavy atom. The van der Waals surface area contributed by atoms with Crippen LogP contribution in [0.3, 0.4) is 0 Å². The van der Waals surface area contributed by atoms with E-state index >= 15 is 0 Å². The summed E-state index contributed by atoms with van der Waals surface area (Å²) in [6.07, 6.45) is 2.20. The van der Waals surface area contributed by atoms with E-state index in [1.165, 1.54) is 0 Å². The van der Waals surface area contributed by atoms with Crippen molar-refractivity contribution in [1.29, 1.82) is 0 Å². The summed E-state index contributed by atoms with van der Waals surface area (Å²) in [4.78, 5) is 0. The van der Waals surface area contributed by atoms with Crippen molar-refractivity contribution < 1.29 is 0 Å². The zero-order valence-electron chi connectivity index (χ0n) is 6.09. The molecule has 3 fully saturated rings. The van der Waals surface area contributed by atoms with Crippen molar-refractivity contribution in [3.05, 3.63) is 0 Å². The molecule has 4 unspecified atom stereocenters. The molecular weight excluding hydrogens is 126 g/mol. The lowest BCUT2D eigenvalue weighted by Gasteiger charge is -2.45. The Morgan fingerprint density at radius 2 is 1.90 bits per heavy atom. The predicted molar refractivity (Wildman–Crippen MR) is 40.5 cm³/mol. The van der Waals surface area contributed by atoms with Gasteiger partial charge in [0.05, 0.1) is 0 Å². The smallest absolute Gasteiger partial charge is 0.0234 e. The van der Waals surface area contributed by atoms with Crippen molar-refractivity contribution in [2.24, 2.45) is 17.4 Å². The highest BCUT2D eigenvalue weighted by Gasteiger charge is 2.37. The molecule has 2 aliphatic heterocycles. The average Bonchev–Trinajstić information content (AvgIpc) is 1.91. The fourth-order valence-corrected chi connectivity index (χ4v) is 2.12. The first-order chi connectivity index (χ1) is 4.77. The van der Waals surface area contributed by atoms with Gasteiger partial charge in [-0.1, -0.05) is 0 Å². The van der Waals surface area contributed by atoms with E-state index < -0.39 is 0 Å². The quantitative estimate of drug-likeness (QED) is 0.406. The SMILES string of the molecule is NC1CC2NCC1CC2N. The molecule has 5 N–H and O–H groups in total. The van der Waals surface area contributed by atoms with Gasteiger partial charge in [-0.05, 0) is 25.3 Å². The normalized spacial score (nSPS) is 53.4. The van der Waals surface area contributed by atoms with E-state index in [2.05, 4.69) is 5.32 Å². The first-order valence-corrected chi connectivity index (χ1v) is 4.02. The summed E-state index contributed by atoms with van der Waals surface area (Å²) in [5.74, 6) is 0.639. The second kappa shape index (κ2) is 2.19. The van der Waals surface area contributed by atoms with E-state index in [0.29, 0.717) is 24.0 Å². The summed E-state index contributed by atoms with van der Waals surface area (Å²) < 4.78 is 0. The molecule has 2 heterocycles. The van der Waals surface area contributed by atoms with Crippen LogP contribution in [-0.4, -0.2) is 24.7 Å². The van der Waals surface area contributed by atoms with Crippen LogP contribution in [0.4, 0.5) is 0 Å². The topological polar surface area (TPSA) is 64.1 Å². The molecule has 0 spiro atoms. The molecule has 0 aromatic heterocycles. The van der Waals surface area contributed by atoms with Gasteiger partial charge in [0.15, 0.2) is 0 Å². The van der Waals surface area contributed by atoms with Crippen LogP contribution >= 0.6 is 0 Å². The van der Waals surface area contributed by atoms with Crippen LogP contribution in [0.25, 0.3) is 0 Å². The highest BCUT2D eigenvalue weighted by molar-refractivity contribution is 4.99. The molecule has 3 nitrogen and oxygen atoms in total. The van der Waals surface area contributed by atoms with Gasteiger partial charge in [-0.3, -0.25) is 0 Å². The maximum atomic E-state index is 5.89. The van der Waals surface area contributed by atoms with Crippen LogP contribution in [0.2, 0.25) is 0 Å². The van der Waals surface area contributed by atoms with Gasteiger partial charge in [-0.25, -0.2) is 0 Å². The van der Waals surface area contributed by atoms with Gasteiger partial charge < -0.3 is 16.8 Å². The van der Waals surface area contributed by atoms with E-state index in [-0.39, 0.29) is 0 Å². The lowest BCUT2D eigenvalue weighted by Crippen LogP contribution is -2.63. The Kier molecular flexibility index (Phi) is 1.44. The summed E-state index contributed by atoms with van der Waals surface area (Å²) in [7, 11) is 0. The summed E-state index contributed by atoms with van der Waals surface area (Å²) in [6, 6.07) is 1.27. The molecule has 10 heavy (non-hydrogen) atoms. The fraction of sp³-hybridized carbons (Fsp3) is 1.00. The number of piperidine rings is 2. The fourth-order valence-electron chi connectivity index (χ4n) is 2.12. The molecule has 2 saturated heterocycles. The van der Waals surface area contributed by atoms with E-state index in [1.54, 1.807) is 0 Å². The number of hydrogen-bond acceptors (Lipinski definition) is 3. The summed E-state index contributed by atoms with van der Waals surface area (Å²) in [6.45, 7) is 1.08. The third-order valence-corrected chi connectivity index (χ3v) is 2.87. The standard InChI is InChI=1S/C7H15N3/c8-5-2-7-6(9)1-4(5)3-10-7/h4-7,10H,1-3,8-9H2. The van der Waals surface area contributed by atoms with E-state index in [4.69, 9.17) is 11.5 Å². The summed E-state index contributed by atoms with van der Waals surface area (Å²) >= 11 is 0. The summed E-state index contributed by atoms with van der Waals surface area (Å²) in [5, 5.41) is 3.39. The van der Waals surface area contributed by atoms with Crippen molar-refractivity contribution in [3.63, 3.8) is 0 Å². The molecule has 3 rings (SSSR count). The zero-order chi connectivity index (χ0) is 7.14. The summed E-state index contributed by atoms with van der Waals surface area (Å²) in [5.41, 5.74) is 11.8. The molecule has 0 amide bonds. The van der Waals surface area contributed by atoms with Gasteiger partial charge in [0.1, 0.15) is 0 Å². The van der Waals surface area contributed by atoms with Gasteiger partial charge in [-0.2, -0.15) is 0 Å². The van der Waals surface area contributed by atoms with E-state index in [9.17, 15) is 0 Å². The van der Waals surface area contributed by atoms with Gasteiger partial charge in [0.25, 0.3) is 0 Å². The minimum absolute atomic E-state index is 0.360. The van der Waals surface area contributed by atoms with Crippen LogP contribution in [0.1, 0.15) is 12.8 Å². The first-order valence-electron chi connectivity index (χ1n) is 4.02. The number of rotatable bonds is 0. The molecule has 3 aliphatic rings. The second-order valence-corrected chi connectivity index (χ2v) is 3.57. The average molecular weight is 141 g/mol. The lowest BCUT2D eigenvalue weighted by atomic mass is 9.75. The minimum Gasteiger partial charge on any atom is -0.327 e. The van der Waals surface area contributed by atoms with Crippen molar-refractivity contribution in [2.45, 2.75) is 31.0 Å². The maximum Gasteiger partial charge on any atom is 0.0234 e. The molecule has 2 bridgehead atoms. The van der Waals surface area contributed by atoms with E-state index in [0.717, 1.165) is 19.4 Å². The molecular formula is C7H15N3. The van der Waals surface area contributed by atoms with Crippen LogP contribution in [0.15, 0.2) is 0 Å². The van der Waals surface area contributed by atoms with Crippen molar-refractivity contribution >= 4 is 0 Å². The van der Waals surface area contributed by atoms with Crippen molar-refractivity contribution in [1.82, 2.24) is 5.32 Å². The molecule has 58 valence electrons. The van der Waals surface area contributed by atoms with Gasteiger partial charge >= 0.3 is 0 Å². The zero-order valence-corrected chi connectivity index (χ0v) is 6.09. The minimum atomic E-state index is 0.360. The first kappa shape index (κ1) is 6.58. The van der Waals surface area contributed by atoms with Gasteiger partial charge in [0, 0.05) is 18.1 Å². The highest BCUT2D eigenvalue weighted by Crippen LogP contribution is 2.26. The monoisotopic (exact) mass is 141 g/mol. The molecule has 3 heteroatoms. The Balaban J connectivity index is 2.09.